The molecule has 3 rings (SSSR count). The van der Waals surface area contributed by atoms with Gasteiger partial charge in [0.05, 0.1) is 12.7 Å². The Kier molecular flexibility index (Phi) is 6.01. The Morgan fingerprint density at radius 3 is 2.52 bits per heavy atom. The molecule has 0 spiro atoms. The van der Waals surface area contributed by atoms with Gasteiger partial charge in [-0.15, -0.1) is 0 Å². The van der Waals surface area contributed by atoms with Crippen molar-refractivity contribution >= 4 is 5.91 Å². The molecule has 2 aromatic rings. The number of piperidine rings is 1. The molecule has 0 atom stereocenters. The van der Waals surface area contributed by atoms with Gasteiger partial charge in [-0.1, -0.05) is 24.3 Å². The van der Waals surface area contributed by atoms with Gasteiger partial charge in [0, 0.05) is 18.7 Å². The normalized spacial score (nSPS) is 15.2. The maximum absolute atomic E-state index is 13.2. The molecule has 0 N–H and O–H groups in total. The summed E-state index contributed by atoms with van der Waals surface area (Å²) in [4.78, 5) is 14.1. The van der Waals surface area contributed by atoms with Gasteiger partial charge in [0.15, 0.2) is 0 Å². The highest BCUT2D eigenvalue weighted by Crippen LogP contribution is 2.17. The van der Waals surface area contributed by atoms with E-state index in [1.54, 1.807) is 17.0 Å². The highest BCUT2D eigenvalue weighted by atomic mass is 19.1. The molecule has 0 radical (unpaired) electrons. The summed E-state index contributed by atoms with van der Waals surface area (Å²) >= 11 is 0. The number of benzene rings is 2. The van der Waals surface area contributed by atoms with E-state index in [1.807, 2.05) is 30.3 Å². The average Bonchev–Trinajstić information content (AvgIpc) is 2.66. The number of hydrogen-bond acceptors (Lipinski definition) is 3. The molecule has 1 fully saturated rings. The highest BCUT2D eigenvalue weighted by molar-refractivity contribution is 5.94. The molecule has 1 amide bonds. The molecule has 0 saturated carbocycles. The van der Waals surface area contributed by atoms with Crippen LogP contribution in [-0.2, 0) is 4.74 Å². The number of rotatable bonds is 6. The first-order valence-corrected chi connectivity index (χ1v) is 8.56. The Hall–Kier alpha value is -2.40. The van der Waals surface area contributed by atoms with Crippen LogP contribution in [0.15, 0.2) is 54.6 Å². The van der Waals surface area contributed by atoms with Crippen LogP contribution in [0.1, 0.15) is 23.2 Å². The van der Waals surface area contributed by atoms with Gasteiger partial charge < -0.3 is 14.4 Å². The minimum atomic E-state index is -0.387. The molecular weight excluding hydrogens is 321 g/mol. The maximum atomic E-state index is 13.2. The fraction of sp³-hybridized carbons (Fsp3) is 0.350. The van der Waals surface area contributed by atoms with Crippen LogP contribution >= 0.6 is 0 Å². The van der Waals surface area contributed by atoms with E-state index >= 15 is 0 Å². The van der Waals surface area contributed by atoms with Crippen molar-refractivity contribution in [1.82, 2.24) is 4.90 Å². The molecule has 25 heavy (non-hydrogen) atoms. The van der Waals surface area contributed by atoms with Crippen molar-refractivity contribution < 1.29 is 18.7 Å². The molecule has 2 aromatic carbocycles. The van der Waals surface area contributed by atoms with Crippen LogP contribution in [0.3, 0.4) is 0 Å². The lowest BCUT2D eigenvalue weighted by molar-refractivity contribution is -0.00239. The quantitative estimate of drug-likeness (QED) is 0.753. The predicted molar refractivity (Wildman–Crippen MR) is 93.2 cm³/mol. The average molecular weight is 343 g/mol. The number of carbonyl (C=O) groups excluding carboxylic acids is 1. The third-order valence-corrected chi connectivity index (χ3v) is 4.25. The van der Waals surface area contributed by atoms with Crippen molar-refractivity contribution in [3.8, 4) is 5.75 Å². The standard InChI is InChI=1S/C20H22FNO3/c21-17-6-4-5-16(15-17)20(23)22-11-9-19(10-12-22)25-14-13-24-18-7-2-1-3-8-18/h1-8,15,19H,9-14H2. The van der Waals surface area contributed by atoms with Gasteiger partial charge in [-0.3, -0.25) is 4.79 Å². The molecule has 5 heteroatoms. The summed E-state index contributed by atoms with van der Waals surface area (Å²) in [5.74, 6) is 0.328. The second-order valence-corrected chi connectivity index (χ2v) is 6.03. The van der Waals surface area contributed by atoms with Gasteiger partial charge in [0.2, 0.25) is 0 Å². The first kappa shape index (κ1) is 17.4. The van der Waals surface area contributed by atoms with Gasteiger partial charge in [-0.25, -0.2) is 4.39 Å². The van der Waals surface area contributed by atoms with E-state index < -0.39 is 0 Å². The molecule has 0 unspecified atom stereocenters. The second-order valence-electron chi connectivity index (χ2n) is 6.03. The first-order chi connectivity index (χ1) is 12.2. The number of carbonyl (C=O) groups is 1. The summed E-state index contributed by atoms with van der Waals surface area (Å²) in [6.45, 7) is 2.28. The van der Waals surface area contributed by atoms with Crippen LogP contribution in [-0.4, -0.2) is 43.2 Å². The van der Waals surface area contributed by atoms with Crippen molar-refractivity contribution in [3.05, 3.63) is 66.0 Å². The predicted octanol–water partition coefficient (Wildman–Crippen LogP) is 3.53. The fourth-order valence-electron chi connectivity index (χ4n) is 2.92. The first-order valence-electron chi connectivity index (χ1n) is 8.56. The van der Waals surface area contributed by atoms with Crippen molar-refractivity contribution in [2.24, 2.45) is 0 Å². The lowest BCUT2D eigenvalue weighted by Crippen LogP contribution is -2.41. The summed E-state index contributed by atoms with van der Waals surface area (Å²) < 4.78 is 24.7. The summed E-state index contributed by atoms with van der Waals surface area (Å²) in [7, 11) is 0. The van der Waals surface area contributed by atoms with Crippen molar-refractivity contribution in [1.29, 1.82) is 0 Å². The van der Waals surface area contributed by atoms with Gasteiger partial charge >= 0.3 is 0 Å². The van der Waals surface area contributed by atoms with E-state index in [0.717, 1.165) is 18.6 Å². The van der Waals surface area contributed by atoms with E-state index in [1.165, 1.54) is 12.1 Å². The largest absolute Gasteiger partial charge is 0.491 e. The van der Waals surface area contributed by atoms with Crippen LogP contribution in [0.25, 0.3) is 0 Å². The third kappa shape index (κ3) is 5.03. The number of halogens is 1. The smallest absolute Gasteiger partial charge is 0.253 e. The zero-order chi connectivity index (χ0) is 17.5. The topological polar surface area (TPSA) is 38.8 Å². The Morgan fingerprint density at radius 1 is 1.04 bits per heavy atom. The molecule has 0 bridgehead atoms. The molecule has 0 aromatic heterocycles. The summed E-state index contributed by atoms with van der Waals surface area (Å²) in [6.07, 6.45) is 1.70. The number of ether oxygens (including phenoxy) is 2. The lowest BCUT2D eigenvalue weighted by atomic mass is 10.1. The maximum Gasteiger partial charge on any atom is 0.253 e. The van der Waals surface area contributed by atoms with E-state index in [0.29, 0.717) is 31.9 Å². The Balaban J connectivity index is 1.38. The van der Waals surface area contributed by atoms with Crippen LogP contribution in [0, 0.1) is 5.82 Å². The molecule has 1 aliphatic heterocycles. The minimum Gasteiger partial charge on any atom is -0.491 e. The van der Waals surface area contributed by atoms with Crippen molar-refractivity contribution in [2.75, 3.05) is 26.3 Å². The van der Waals surface area contributed by atoms with Gasteiger partial charge in [0.1, 0.15) is 18.2 Å². The van der Waals surface area contributed by atoms with E-state index in [-0.39, 0.29) is 17.8 Å². The number of nitrogens with zero attached hydrogens (tertiary/aromatic N) is 1. The van der Waals surface area contributed by atoms with E-state index in [2.05, 4.69) is 0 Å². The molecule has 4 nitrogen and oxygen atoms in total. The summed E-state index contributed by atoms with van der Waals surface area (Å²) in [6, 6.07) is 15.5. The van der Waals surface area contributed by atoms with Crippen LogP contribution < -0.4 is 4.74 Å². The second kappa shape index (κ2) is 8.62. The Morgan fingerprint density at radius 2 is 1.80 bits per heavy atom. The molecular formula is C20H22FNO3. The zero-order valence-corrected chi connectivity index (χ0v) is 14.1. The van der Waals surface area contributed by atoms with Crippen LogP contribution in [0.4, 0.5) is 4.39 Å². The monoisotopic (exact) mass is 343 g/mol. The lowest BCUT2D eigenvalue weighted by Gasteiger charge is -2.32. The fourth-order valence-corrected chi connectivity index (χ4v) is 2.92. The number of hydrogen-bond donors (Lipinski definition) is 0. The van der Waals surface area contributed by atoms with Gasteiger partial charge in [-0.05, 0) is 43.2 Å². The summed E-state index contributed by atoms with van der Waals surface area (Å²) in [5, 5.41) is 0. The third-order valence-electron chi connectivity index (χ3n) is 4.25. The molecule has 1 aliphatic rings. The van der Waals surface area contributed by atoms with E-state index in [4.69, 9.17) is 9.47 Å². The molecule has 1 heterocycles. The Bertz CT molecular complexity index is 684. The van der Waals surface area contributed by atoms with E-state index in [9.17, 15) is 9.18 Å². The molecule has 0 aliphatic carbocycles. The Labute approximate surface area is 147 Å². The van der Waals surface area contributed by atoms with Crippen LogP contribution in [0.5, 0.6) is 5.75 Å². The summed E-state index contributed by atoms with van der Waals surface area (Å²) in [5.41, 5.74) is 0.399. The highest BCUT2D eigenvalue weighted by Gasteiger charge is 2.24. The van der Waals surface area contributed by atoms with Crippen molar-refractivity contribution in [2.45, 2.75) is 18.9 Å². The number of amides is 1. The van der Waals surface area contributed by atoms with Crippen LogP contribution in [0.2, 0.25) is 0 Å². The zero-order valence-electron chi connectivity index (χ0n) is 14.1. The SMILES string of the molecule is O=C(c1cccc(F)c1)N1CCC(OCCOc2ccccc2)CC1. The van der Waals surface area contributed by atoms with Gasteiger partial charge in [-0.2, -0.15) is 0 Å². The van der Waals surface area contributed by atoms with Crippen molar-refractivity contribution in [3.63, 3.8) is 0 Å². The van der Waals surface area contributed by atoms with Gasteiger partial charge in [0.25, 0.3) is 5.91 Å². The number of likely N-dealkylation sites (tertiary alicyclic amines) is 1. The molecule has 132 valence electrons. The minimum absolute atomic E-state index is 0.120. The molecule has 1 saturated heterocycles. The number of para-hydroxylation sites is 1.